The zero-order valence-electron chi connectivity index (χ0n) is 20.1. The molecule has 0 radical (unpaired) electrons. The Morgan fingerprint density at radius 2 is 1.81 bits per heavy atom. The number of benzene rings is 2. The maximum absolute atomic E-state index is 13.8. The van der Waals surface area contributed by atoms with Crippen LogP contribution in [0.25, 0.3) is 0 Å². The number of nitrogens with one attached hydrogen (secondary N) is 1. The molecule has 204 valence electrons. The smallest absolute Gasteiger partial charge is 0.416 e. The lowest BCUT2D eigenvalue weighted by Gasteiger charge is -2.27. The van der Waals surface area contributed by atoms with Crippen molar-refractivity contribution in [1.29, 1.82) is 0 Å². The highest BCUT2D eigenvalue weighted by Gasteiger charge is 2.34. The molecule has 0 amide bonds. The minimum atomic E-state index is -4.73. The molecule has 1 aliphatic heterocycles. The Bertz CT molecular complexity index is 1170. The number of carboxylic acid groups (broad SMARTS) is 1. The molecule has 1 aliphatic rings. The van der Waals surface area contributed by atoms with Gasteiger partial charge in [-0.25, -0.2) is 8.42 Å². The molecule has 12 heteroatoms. The summed E-state index contributed by atoms with van der Waals surface area (Å²) >= 11 is 6.15. The number of anilines is 1. The lowest BCUT2D eigenvalue weighted by molar-refractivity contribution is -0.138. The van der Waals surface area contributed by atoms with Gasteiger partial charge >= 0.3 is 12.1 Å². The van der Waals surface area contributed by atoms with Crippen molar-refractivity contribution in [3.63, 3.8) is 0 Å². The van der Waals surface area contributed by atoms with Crippen molar-refractivity contribution in [2.75, 3.05) is 30.5 Å². The van der Waals surface area contributed by atoms with Crippen molar-refractivity contribution >= 4 is 33.3 Å². The Balaban J connectivity index is 1.97. The van der Waals surface area contributed by atoms with E-state index in [9.17, 15) is 26.4 Å². The van der Waals surface area contributed by atoms with Gasteiger partial charge in [0.2, 0.25) is 0 Å². The van der Waals surface area contributed by atoms with E-state index in [1.165, 1.54) is 24.3 Å². The molecule has 0 unspecified atom stereocenters. The third-order valence-corrected chi connectivity index (χ3v) is 8.43. The molecule has 1 saturated heterocycles. The van der Waals surface area contributed by atoms with Crippen LogP contribution >= 0.6 is 11.6 Å². The van der Waals surface area contributed by atoms with E-state index in [1.54, 1.807) is 6.07 Å². The predicted molar refractivity (Wildman–Crippen MR) is 135 cm³/mol. The molecule has 37 heavy (non-hydrogen) atoms. The quantitative estimate of drug-likeness (QED) is 0.328. The first-order chi connectivity index (χ1) is 17.5. The molecule has 0 atom stereocenters. The number of ether oxygens (including phenoxy) is 1. The number of nitrogens with zero attached hydrogens (tertiary/aromatic N) is 1. The normalized spacial score (nSPS) is 14.9. The molecular weight excluding hydrogens is 533 g/mol. The number of hydrogen-bond donors (Lipinski definition) is 2. The van der Waals surface area contributed by atoms with Crippen molar-refractivity contribution in [3.8, 4) is 5.75 Å². The molecule has 1 fully saturated rings. The van der Waals surface area contributed by atoms with Gasteiger partial charge in [-0.2, -0.15) is 13.2 Å². The summed E-state index contributed by atoms with van der Waals surface area (Å²) in [5, 5.41) is 12.0. The monoisotopic (exact) mass is 562 g/mol. The number of unbranched alkanes of at least 4 members (excludes halogenated alkanes) is 2. The Morgan fingerprint density at radius 3 is 2.46 bits per heavy atom. The molecule has 2 aromatic carbocycles. The number of aliphatic carboxylic acids is 1. The zero-order valence-corrected chi connectivity index (χ0v) is 21.7. The van der Waals surface area contributed by atoms with Crippen molar-refractivity contribution in [2.45, 2.75) is 49.6 Å². The number of carboxylic acids is 1. The van der Waals surface area contributed by atoms with Crippen molar-refractivity contribution < 1.29 is 36.2 Å². The molecule has 0 saturated carbocycles. The fourth-order valence-electron chi connectivity index (χ4n) is 4.11. The van der Waals surface area contributed by atoms with Gasteiger partial charge in [0.05, 0.1) is 22.9 Å². The summed E-state index contributed by atoms with van der Waals surface area (Å²) in [6, 6.07) is 8.65. The SMILES string of the molecule is O=C(O)CCCCCN(c1cc(OCC2CCNCC2)cc(C(F)(F)F)c1)S(=O)(=O)c1ccccc1Cl. The first kappa shape index (κ1) is 29.1. The fourth-order valence-corrected chi connectivity index (χ4v) is 6.09. The molecular formula is C25H30ClF3N2O5S. The highest BCUT2D eigenvalue weighted by atomic mass is 35.5. The van der Waals surface area contributed by atoms with E-state index in [0.29, 0.717) is 12.8 Å². The first-order valence-corrected chi connectivity index (χ1v) is 13.8. The van der Waals surface area contributed by atoms with Crippen LogP contribution in [0.5, 0.6) is 5.75 Å². The van der Waals surface area contributed by atoms with E-state index in [2.05, 4.69) is 5.32 Å². The Kier molecular flexibility index (Phi) is 10.1. The van der Waals surface area contributed by atoms with Gasteiger partial charge in [0, 0.05) is 19.0 Å². The molecule has 0 spiro atoms. The highest BCUT2D eigenvalue weighted by Crippen LogP contribution is 2.38. The van der Waals surface area contributed by atoms with Gasteiger partial charge in [0.25, 0.3) is 10.0 Å². The Labute approximate surface area is 219 Å². The third-order valence-electron chi connectivity index (χ3n) is 6.11. The minimum Gasteiger partial charge on any atom is -0.493 e. The maximum Gasteiger partial charge on any atom is 0.416 e. The molecule has 0 aromatic heterocycles. The lowest BCUT2D eigenvalue weighted by atomic mass is 9.99. The van der Waals surface area contributed by atoms with Crippen LogP contribution in [0.4, 0.5) is 18.9 Å². The van der Waals surface area contributed by atoms with Crippen LogP contribution in [0.15, 0.2) is 47.4 Å². The Hall–Kier alpha value is -2.50. The molecule has 7 nitrogen and oxygen atoms in total. The molecule has 1 heterocycles. The standard InChI is InChI=1S/C25H30ClF3N2O5S/c26-22-6-3-4-7-23(22)37(34,35)31(13-5-1-2-8-24(32)33)20-14-19(25(27,28)29)15-21(16-20)36-17-18-9-11-30-12-10-18/h3-4,6-7,14-16,18,30H,1-2,5,8-13,17H2,(H,32,33). The molecule has 3 rings (SSSR count). The van der Waals surface area contributed by atoms with Gasteiger partial charge in [0.1, 0.15) is 10.6 Å². The summed E-state index contributed by atoms with van der Waals surface area (Å²) in [5.74, 6) is -0.876. The van der Waals surface area contributed by atoms with Gasteiger partial charge in [-0.1, -0.05) is 30.2 Å². The summed E-state index contributed by atoms with van der Waals surface area (Å²) in [6.07, 6.45) is -2.25. The number of rotatable bonds is 12. The molecule has 2 aromatic rings. The number of carbonyl (C=O) groups is 1. The van der Waals surface area contributed by atoms with Crippen LogP contribution in [0.1, 0.15) is 44.1 Å². The van der Waals surface area contributed by atoms with Gasteiger partial charge in [-0.3, -0.25) is 9.10 Å². The summed E-state index contributed by atoms with van der Waals surface area (Å²) in [5.41, 5.74) is -1.23. The van der Waals surface area contributed by atoms with Crippen molar-refractivity contribution in [2.24, 2.45) is 5.92 Å². The second kappa shape index (κ2) is 12.8. The topological polar surface area (TPSA) is 95.9 Å². The van der Waals surface area contributed by atoms with E-state index in [1.807, 2.05) is 0 Å². The lowest BCUT2D eigenvalue weighted by Crippen LogP contribution is -2.33. The summed E-state index contributed by atoms with van der Waals surface area (Å²) in [4.78, 5) is 10.6. The first-order valence-electron chi connectivity index (χ1n) is 12.0. The van der Waals surface area contributed by atoms with Crippen LogP contribution in [-0.2, 0) is 21.0 Å². The second-order valence-electron chi connectivity index (χ2n) is 8.93. The van der Waals surface area contributed by atoms with Gasteiger partial charge < -0.3 is 15.2 Å². The number of sulfonamides is 1. The maximum atomic E-state index is 13.8. The van der Waals surface area contributed by atoms with E-state index < -0.39 is 27.7 Å². The summed E-state index contributed by atoms with van der Waals surface area (Å²) in [6.45, 7) is 1.65. The van der Waals surface area contributed by atoms with E-state index in [4.69, 9.17) is 21.4 Å². The number of piperidine rings is 1. The van der Waals surface area contributed by atoms with Gasteiger partial charge in [-0.05, 0) is 69.0 Å². The molecule has 0 bridgehead atoms. The molecule has 2 N–H and O–H groups in total. The summed E-state index contributed by atoms with van der Waals surface area (Å²) in [7, 11) is -4.35. The zero-order chi connectivity index (χ0) is 27.1. The largest absolute Gasteiger partial charge is 0.493 e. The van der Waals surface area contributed by atoms with E-state index in [0.717, 1.165) is 42.4 Å². The predicted octanol–water partition coefficient (Wildman–Crippen LogP) is 5.58. The second-order valence-corrected chi connectivity index (χ2v) is 11.2. The average Bonchev–Trinajstić information content (AvgIpc) is 2.84. The van der Waals surface area contributed by atoms with Crippen LogP contribution in [-0.4, -0.2) is 45.7 Å². The van der Waals surface area contributed by atoms with Crippen LogP contribution < -0.4 is 14.4 Å². The van der Waals surface area contributed by atoms with E-state index in [-0.39, 0.29) is 53.3 Å². The number of hydrogen-bond acceptors (Lipinski definition) is 5. The van der Waals surface area contributed by atoms with Gasteiger partial charge in [-0.15, -0.1) is 0 Å². The number of halogens is 4. The Morgan fingerprint density at radius 1 is 1.11 bits per heavy atom. The minimum absolute atomic E-state index is 0.0623. The highest BCUT2D eigenvalue weighted by molar-refractivity contribution is 7.93. The number of alkyl halides is 3. The fraction of sp³-hybridized carbons (Fsp3) is 0.480. The van der Waals surface area contributed by atoms with E-state index >= 15 is 0 Å². The summed E-state index contributed by atoms with van der Waals surface area (Å²) < 4.78 is 75.3. The van der Waals surface area contributed by atoms with Crippen molar-refractivity contribution in [1.82, 2.24) is 5.32 Å². The average molecular weight is 563 g/mol. The molecule has 0 aliphatic carbocycles. The third kappa shape index (κ3) is 8.24. The van der Waals surface area contributed by atoms with Crippen LogP contribution in [0, 0.1) is 5.92 Å². The van der Waals surface area contributed by atoms with Crippen molar-refractivity contribution in [3.05, 3.63) is 53.1 Å². The van der Waals surface area contributed by atoms with Crippen LogP contribution in [0.3, 0.4) is 0 Å². The van der Waals surface area contributed by atoms with Gasteiger partial charge in [0.15, 0.2) is 0 Å². The van der Waals surface area contributed by atoms with Crippen LogP contribution in [0.2, 0.25) is 5.02 Å².